The molecule has 0 unspecified atom stereocenters. The molecule has 10 rings (SSSR count). The standard InChI is InChI=1S/C51H36O/c1-32(2)52-44-29-42(39-16-15-33-9-3-4-12-36(33)25-39)28-43(30-44)40-18-17-38-27-41(20-19-37(38)26-40)49-31-50-45-13-7-5-10-34(45)21-24-48(50)51-46-14-8-6-11-35(46)22-23-47(49)51/h3-32H,1-2H3. The van der Waals surface area contributed by atoms with Crippen LogP contribution >= 0.6 is 0 Å². The zero-order chi connectivity index (χ0) is 34.8. The Labute approximate surface area is 303 Å². The summed E-state index contributed by atoms with van der Waals surface area (Å²) in [6.45, 7) is 4.17. The third kappa shape index (κ3) is 5.17. The topological polar surface area (TPSA) is 9.23 Å². The Morgan fingerprint density at radius 2 is 0.827 bits per heavy atom. The molecule has 0 heterocycles. The summed E-state index contributed by atoms with van der Waals surface area (Å²) in [7, 11) is 0. The van der Waals surface area contributed by atoms with Gasteiger partial charge in [-0.3, -0.25) is 0 Å². The number of hydrogen-bond donors (Lipinski definition) is 0. The van der Waals surface area contributed by atoms with Crippen molar-refractivity contribution in [3.63, 3.8) is 0 Å². The van der Waals surface area contributed by atoms with Crippen molar-refractivity contribution in [2.24, 2.45) is 0 Å². The van der Waals surface area contributed by atoms with E-state index in [1.54, 1.807) is 0 Å². The van der Waals surface area contributed by atoms with Crippen molar-refractivity contribution in [1.29, 1.82) is 0 Å². The van der Waals surface area contributed by atoms with Crippen molar-refractivity contribution in [3.8, 4) is 39.1 Å². The predicted octanol–water partition coefficient (Wildman–Crippen LogP) is 14.4. The summed E-state index contributed by atoms with van der Waals surface area (Å²) in [6, 6.07) is 64.7. The van der Waals surface area contributed by atoms with Crippen LogP contribution in [0.5, 0.6) is 5.75 Å². The monoisotopic (exact) mass is 664 g/mol. The van der Waals surface area contributed by atoms with Crippen molar-refractivity contribution in [1.82, 2.24) is 0 Å². The molecule has 0 radical (unpaired) electrons. The Hall–Kier alpha value is -6.44. The van der Waals surface area contributed by atoms with Gasteiger partial charge in [0.25, 0.3) is 0 Å². The van der Waals surface area contributed by atoms with Crippen molar-refractivity contribution < 1.29 is 4.74 Å². The molecule has 0 aliphatic rings. The van der Waals surface area contributed by atoms with Crippen LogP contribution in [-0.4, -0.2) is 6.10 Å². The highest BCUT2D eigenvalue weighted by atomic mass is 16.5. The minimum Gasteiger partial charge on any atom is -0.491 e. The normalized spacial score (nSPS) is 11.8. The zero-order valence-corrected chi connectivity index (χ0v) is 29.2. The Morgan fingerprint density at radius 3 is 1.52 bits per heavy atom. The van der Waals surface area contributed by atoms with Crippen LogP contribution < -0.4 is 4.74 Å². The second-order valence-electron chi connectivity index (χ2n) is 14.3. The molecule has 0 aliphatic carbocycles. The summed E-state index contributed by atoms with van der Waals surface area (Å²) >= 11 is 0. The van der Waals surface area contributed by atoms with Crippen molar-refractivity contribution in [2.75, 3.05) is 0 Å². The fourth-order valence-corrected chi connectivity index (χ4v) is 8.15. The van der Waals surface area contributed by atoms with Gasteiger partial charge in [-0.25, -0.2) is 0 Å². The molecule has 0 fully saturated rings. The van der Waals surface area contributed by atoms with E-state index in [1.807, 2.05) is 0 Å². The summed E-state index contributed by atoms with van der Waals surface area (Å²) in [5.74, 6) is 0.884. The molecule has 0 spiro atoms. The number of ether oxygens (including phenoxy) is 1. The smallest absolute Gasteiger partial charge is 0.120 e. The van der Waals surface area contributed by atoms with Crippen LogP contribution in [0.2, 0.25) is 0 Å². The summed E-state index contributed by atoms with van der Waals surface area (Å²) in [4.78, 5) is 0. The lowest BCUT2D eigenvalue weighted by molar-refractivity contribution is 0.242. The largest absolute Gasteiger partial charge is 0.491 e. The lowest BCUT2D eigenvalue weighted by Crippen LogP contribution is -2.05. The van der Waals surface area contributed by atoms with Gasteiger partial charge in [-0.2, -0.15) is 0 Å². The van der Waals surface area contributed by atoms with E-state index in [4.69, 9.17) is 4.74 Å². The second-order valence-corrected chi connectivity index (χ2v) is 14.3. The fourth-order valence-electron chi connectivity index (χ4n) is 8.15. The van der Waals surface area contributed by atoms with Crippen LogP contribution in [0.15, 0.2) is 176 Å². The van der Waals surface area contributed by atoms with Gasteiger partial charge < -0.3 is 4.74 Å². The molecular formula is C51H36O. The molecule has 246 valence electrons. The van der Waals surface area contributed by atoms with E-state index in [2.05, 4.69) is 190 Å². The van der Waals surface area contributed by atoms with Crippen LogP contribution in [0, 0.1) is 0 Å². The minimum atomic E-state index is 0.0805. The summed E-state index contributed by atoms with van der Waals surface area (Å²) in [5.41, 5.74) is 7.13. The lowest BCUT2D eigenvalue weighted by atomic mass is 9.88. The molecule has 0 aromatic heterocycles. The maximum absolute atomic E-state index is 6.30. The van der Waals surface area contributed by atoms with Gasteiger partial charge in [0.15, 0.2) is 0 Å². The third-order valence-electron chi connectivity index (χ3n) is 10.6. The first-order valence-electron chi connectivity index (χ1n) is 18.2. The number of fused-ring (bicyclic) bond motifs is 9. The Balaban J connectivity index is 1.12. The lowest BCUT2D eigenvalue weighted by Gasteiger charge is -2.16. The Morgan fingerprint density at radius 1 is 0.327 bits per heavy atom. The summed E-state index contributed by atoms with van der Waals surface area (Å²) in [6.07, 6.45) is 0.0805. The molecule has 0 bridgehead atoms. The van der Waals surface area contributed by atoms with E-state index in [9.17, 15) is 0 Å². The van der Waals surface area contributed by atoms with Crippen molar-refractivity contribution in [3.05, 3.63) is 176 Å². The highest BCUT2D eigenvalue weighted by molar-refractivity contribution is 6.28. The molecule has 0 atom stereocenters. The van der Waals surface area contributed by atoms with E-state index in [-0.39, 0.29) is 6.10 Å². The van der Waals surface area contributed by atoms with Gasteiger partial charge in [-0.05, 0) is 154 Å². The maximum atomic E-state index is 6.30. The first kappa shape index (κ1) is 30.4. The van der Waals surface area contributed by atoms with Crippen molar-refractivity contribution >= 4 is 64.6 Å². The molecule has 0 amide bonds. The fraction of sp³-hybridized carbons (Fsp3) is 0.0588. The molecule has 0 aliphatic heterocycles. The second kappa shape index (κ2) is 12.1. The first-order chi connectivity index (χ1) is 25.6. The molecule has 10 aromatic rings. The van der Waals surface area contributed by atoms with Crippen LogP contribution in [0.25, 0.3) is 98.0 Å². The van der Waals surface area contributed by atoms with Crippen LogP contribution in [0.4, 0.5) is 0 Å². The Bertz CT molecular complexity index is 3020. The maximum Gasteiger partial charge on any atom is 0.120 e. The van der Waals surface area contributed by atoms with E-state index in [0.29, 0.717) is 0 Å². The highest BCUT2D eigenvalue weighted by Crippen LogP contribution is 2.42. The van der Waals surface area contributed by atoms with E-state index in [1.165, 1.54) is 86.9 Å². The molecule has 52 heavy (non-hydrogen) atoms. The highest BCUT2D eigenvalue weighted by Gasteiger charge is 2.15. The molecule has 0 N–H and O–H groups in total. The van der Waals surface area contributed by atoms with Gasteiger partial charge in [0.05, 0.1) is 6.10 Å². The van der Waals surface area contributed by atoms with Gasteiger partial charge in [-0.1, -0.05) is 133 Å². The molecule has 0 saturated carbocycles. The molecule has 0 saturated heterocycles. The molecule has 10 aromatic carbocycles. The van der Waals surface area contributed by atoms with Crippen molar-refractivity contribution in [2.45, 2.75) is 20.0 Å². The van der Waals surface area contributed by atoms with Gasteiger partial charge in [-0.15, -0.1) is 0 Å². The summed E-state index contributed by atoms with van der Waals surface area (Å²) < 4.78 is 6.30. The SMILES string of the molecule is CC(C)Oc1cc(-c2ccc3ccccc3c2)cc(-c2ccc3cc(-c4cc5c6ccccc6ccc5c5c4ccc4ccccc45)ccc3c2)c1. The van der Waals surface area contributed by atoms with Gasteiger partial charge >= 0.3 is 0 Å². The molecular weight excluding hydrogens is 629 g/mol. The van der Waals surface area contributed by atoms with E-state index in [0.717, 1.165) is 16.9 Å². The van der Waals surface area contributed by atoms with Crippen LogP contribution in [0.3, 0.4) is 0 Å². The van der Waals surface area contributed by atoms with E-state index >= 15 is 0 Å². The van der Waals surface area contributed by atoms with Gasteiger partial charge in [0.1, 0.15) is 5.75 Å². The Kier molecular flexibility index (Phi) is 7.08. The van der Waals surface area contributed by atoms with Crippen LogP contribution in [-0.2, 0) is 0 Å². The van der Waals surface area contributed by atoms with E-state index < -0.39 is 0 Å². The first-order valence-corrected chi connectivity index (χ1v) is 18.2. The number of rotatable bonds is 5. The number of benzene rings is 10. The van der Waals surface area contributed by atoms with Gasteiger partial charge in [0, 0.05) is 0 Å². The summed E-state index contributed by atoms with van der Waals surface area (Å²) in [5, 5.41) is 15.2. The average Bonchev–Trinajstić information content (AvgIpc) is 3.19. The number of hydrogen-bond acceptors (Lipinski definition) is 1. The third-order valence-corrected chi connectivity index (χ3v) is 10.6. The minimum absolute atomic E-state index is 0.0805. The average molecular weight is 665 g/mol. The zero-order valence-electron chi connectivity index (χ0n) is 29.2. The van der Waals surface area contributed by atoms with Crippen LogP contribution in [0.1, 0.15) is 13.8 Å². The quantitative estimate of drug-likeness (QED) is 0.166. The molecule has 1 heteroatoms. The molecule has 1 nitrogen and oxygen atoms in total. The predicted molar refractivity (Wildman–Crippen MR) is 224 cm³/mol. The van der Waals surface area contributed by atoms with Gasteiger partial charge in [0.2, 0.25) is 0 Å².